The van der Waals surface area contributed by atoms with Gasteiger partial charge in [-0.25, -0.2) is 4.68 Å². The van der Waals surface area contributed by atoms with E-state index in [9.17, 15) is 4.79 Å². The number of aromatic nitrogens is 6. The number of benzene rings is 1. The summed E-state index contributed by atoms with van der Waals surface area (Å²) in [4.78, 5) is 14.1. The number of anilines is 1. The van der Waals surface area contributed by atoms with Gasteiger partial charge in [-0.1, -0.05) is 12.1 Å². The number of hydrogen-bond donors (Lipinski definition) is 2. The zero-order valence-electron chi connectivity index (χ0n) is 13.5. The highest BCUT2D eigenvalue weighted by Gasteiger charge is 2.08. The van der Waals surface area contributed by atoms with Crippen LogP contribution in [0.3, 0.4) is 0 Å². The van der Waals surface area contributed by atoms with E-state index in [1.165, 1.54) is 6.33 Å². The predicted octanol–water partition coefficient (Wildman–Crippen LogP) is 0.628. The van der Waals surface area contributed by atoms with Gasteiger partial charge in [0.05, 0.1) is 17.8 Å². The first-order valence-corrected chi connectivity index (χ1v) is 7.41. The number of tetrazole rings is 1. The molecule has 2 N–H and O–H groups in total. The van der Waals surface area contributed by atoms with Crippen molar-refractivity contribution in [3.05, 3.63) is 47.9 Å². The number of carbonyl (C=O) groups excluding carboxylic acids is 1. The van der Waals surface area contributed by atoms with Crippen LogP contribution in [0.25, 0.3) is 5.69 Å². The zero-order chi connectivity index (χ0) is 16.9. The van der Waals surface area contributed by atoms with Gasteiger partial charge in [0, 0.05) is 12.6 Å². The maximum Gasteiger partial charge on any atom is 0.229 e. The Bertz CT molecular complexity index is 791. The fourth-order valence-corrected chi connectivity index (χ4v) is 2.27. The van der Waals surface area contributed by atoms with E-state index in [1.54, 1.807) is 4.68 Å². The lowest BCUT2D eigenvalue weighted by Crippen LogP contribution is -2.14. The molecule has 2 aromatic heterocycles. The molecule has 24 heavy (non-hydrogen) atoms. The molecule has 9 nitrogen and oxygen atoms in total. The fraction of sp³-hybridized carbons (Fsp3) is 0.267. The Labute approximate surface area is 138 Å². The number of nitrogens with zero attached hydrogens (tertiary/aromatic N) is 6. The molecule has 0 unspecified atom stereocenters. The average Bonchev–Trinajstić information content (AvgIpc) is 3.19. The number of H-pyrrole nitrogens is 1. The van der Waals surface area contributed by atoms with Crippen LogP contribution in [0.4, 0.5) is 5.82 Å². The van der Waals surface area contributed by atoms with Crippen LogP contribution in [-0.4, -0.2) is 55.3 Å². The topological polar surface area (TPSA) is 105 Å². The number of rotatable bonds is 6. The van der Waals surface area contributed by atoms with Gasteiger partial charge in [-0.3, -0.25) is 9.89 Å². The van der Waals surface area contributed by atoms with Gasteiger partial charge in [0.2, 0.25) is 5.91 Å². The Morgan fingerprint density at radius 2 is 2.08 bits per heavy atom. The molecule has 2 heterocycles. The maximum atomic E-state index is 12.1. The third kappa shape index (κ3) is 4.02. The number of nitrogens with one attached hydrogen (secondary N) is 2. The number of carbonyl (C=O) groups is 1. The summed E-state index contributed by atoms with van der Waals surface area (Å²) in [5, 5.41) is 20.8. The minimum Gasteiger partial charge on any atom is -0.309 e. The Morgan fingerprint density at radius 1 is 1.29 bits per heavy atom. The van der Waals surface area contributed by atoms with Crippen LogP contribution >= 0.6 is 0 Å². The van der Waals surface area contributed by atoms with Gasteiger partial charge < -0.3 is 10.2 Å². The van der Waals surface area contributed by atoms with Crippen molar-refractivity contribution >= 4 is 11.7 Å². The smallest absolute Gasteiger partial charge is 0.229 e. The second-order valence-corrected chi connectivity index (χ2v) is 5.66. The van der Waals surface area contributed by atoms with Crippen molar-refractivity contribution in [2.75, 3.05) is 19.4 Å². The van der Waals surface area contributed by atoms with E-state index in [0.29, 0.717) is 5.82 Å². The second-order valence-electron chi connectivity index (χ2n) is 5.66. The first kappa shape index (κ1) is 15.8. The van der Waals surface area contributed by atoms with Gasteiger partial charge in [0.1, 0.15) is 6.33 Å². The number of amides is 1. The van der Waals surface area contributed by atoms with Crippen molar-refractivity contribution in [3.8, 4) is 5.69 Å². The summed E-state index contributed by atoms with van der Waals surface area (Å²) in [7, 11) is 3.94. The molecule has 0 atom stereocenters. The highest BCUT2D eigenvalue weighted by atomic mass is 16.1. The van der Waals surface area contributed by atoms with Crippen molar-refractivity contribution in [1.82, 2.24) is 35.3 Å². The summed E-state index contributed by atoms with van der Waals surface area (Å²) in [5.74, 6) is 0.412. The van der Waals surface area contributed by atoms with Gasteiger partial charge >= 0.3 is 0 Å². The van der Waals surface area contributed by atoms with E-state index in [0.717, 1.165) is 23.5 Å². The van der Waals surface area contributed by atoms with Crippen LogP contribution in [0.5, 0.6) is 0 Å². The third-order valence-electron chi connectivity index (χ3n) is 3.30. The number of aromatic amines is 1. The van der Waals surface area contributed by atoms with Gasteiger partial charge in [-0.05, 0) is 42.2 Å². The van der Waals surface area contributed by atoms with Crippen molar-refractivity contribution in [1.29, 1.82) is 0 Å². The highest BCUT2D eigenvalue weighted by molar-refractivity contribution is 5.91. The molecular weight excluding hydrogens is 308 g/mol. The van der Waals surface area contributed by atoms with Crippen LogP contribution < -0.4 is 5.32 Å². The normalized spacial score (nSPS) is 11.0. The zero-order valence-corrected chi connectivity index (χ0v) is 13.5. The molecule has 0 saturated carbocycles. The van der Waals surface area contributed by atoms with Gasteiger partial charge in [0.25, 0.3) is 0 Å². The minimum atomic E-state index is -0.118. The second kappa shape index (κ2) is 7.01. The molecule has 1 aromatic carbocycles. The first-order valence-electron chi connectivity index (χ1n) is 7.41. The minimum absolute atomic E-state index is 0.118. The monoisotopic (exact) mass is 326 g/mol. The van der Waals surface area contributed by atoms with Crippen LogP contribution in [-0.2, 0) is 17.8 Å². The lowest BCUT2D eigenvalue weighted by Gasteiger charge is -2.05. The molecule has 0 aliphatic rings. The van der Waals surface area contributed by atoms with Gasteiger partial charge in [0.15, 0.2) is 5.82 Å². The summed E-state index contributed by atoms with van der Waals surface area (Å²) in [6.07, 6.45) is 1.79. The molecule has 0 bridgehead atoms. The van der Waals surface area contributed by atoms with Crippen molar-refractivity contribution in [2.24, 2.45) is 0 Å². The van der Waals surface area contributed by atoms with Gasteiger partial charge in [-0.2, -0.15) is 5.10 Å². The van der Waals surface area contributed by atoms with E-state index in [1.807, 2.05) is 49.3 Å². The molecule has 124 valence electrons. The Kier molecular flexibility index (Phi) is 4.62. The van der Waals surface area contributed by atoms with E-state index >= 15 is 0 Å². The van der Waals surface area contributed by atoms with Crippen LogP contribution in [0, 0.1) is 0 Å². The van der Waals surface area contributed by atoms with Crippen LogP contribution in [0.1, 0.15) is 11.3 Å². The summed E-state index contributed by atoms with van der Waals surface area (Å²) < 4.78 is 1.56. The van der Waals surface area contributed by atoms with E-state index in [2.05, 4.69) is 31.0 Å². The standard InChI is InChI=1S/C15H18N8O/c1-22(2)9-12-8-14(19-18-12)17-15(24)7-11-3-5-13(6-4-11)23-10-16-20-21-23/h3-6,8,10H,7,9H2,1-2H3,(H2,17,18,19,24). The molecule has 0 saturated heterocycles. The van der Waals surface area contributed by atoms with E-state index < -0.39 is 0 Å². The molecule has 0 aliphatic heterocycles. The molecule has 3 rings (SSSR count). The maximum absolute atomic E-state index is 12.1. The quantitative estimate of drug-likeness (QED) is 0.688. The predicted molar refractivity (Wildman–Crippen MR) is 87.5 cm³/mol. The van der Waals surface area contributed by atoms with E-state index in [4.69, 9.17) is 0 Å². The number of hydrogen-bond acceptors (Lipinski definition) is 6. The van der Waals surface area contributed by atoms with Crippen LogP contribution in [0.2, 0.25) is 0 Å². The lowest BCUT2D eigenvalue weighted by molar-refractivity contribution is -0.115. The summed E-state index contributed by atoms with van der Waals surface area (Å²) >= 11 is 0. The molecule has 1 amide bonds. The molecule has 9 heteroatoms. The average molecular weight is 326 g/mol. The molecule has 0 spiro atoms. The highest BCUT2D eigenvalue weighted by Crippen LogP contribution is 2.10. The first-order chi connectivity index (χ1) is 11.6. The van der Waals surface area contributed by atoms with E-state index in [-0.39, 0.29) is 12.3 Å². The Hall–Kier alpha value is -3.07. The Balaban J connectivity index is 1.57. The molecular formula is C15H18N8O. The summed E-state index contributed by atoms with van der Waals surface area (Å²) in [6, 6.07) is 9.31. The van der Waals surface area contributed by atoms with Gasteiger partial charge in [-0.15, -0.1) is 5.10 Å². The largest absolute Gasteiger partial charge is 0.309 e. The summed E-state index contributed by atoms with van der Waals surface area (Å²) in [6.45, 7) is 0.738. The Morgan fingerprint density at radius 3 is 2.75 bits per heavy atom. The van der Waals surface area contributed by atoms with Crippen molar-refractivity contribution in [2.45, 2.75) is 13.0 Å². The summed E-state index contributed by atoms with van der Waals surface area (Å²) in [5.41, 5.74) is 2.68. The van der Waals surface area contributed by atoms with Crippen molar-refractivity contribution in [3.63, 3.8) is 0 Å². The SMILES string of the molecule is CN(C)Cc1cc(NC(=O)Cc2ccc(-n3cnnn3)cc2)n[nH]1. The lowest BCUT2D eigenvalue weighted by atomic mass is 10.1. The molecule has 0 radical (unpaired) electrons. The molecule has 0 fully saturated rings. The third-order valence-corrected chi connectivity index (χ3v) is 3.30. The van der Waals surface area contributed by atoms with Crippen LogP contribution in [0.15, 0.2) is 36.7 Å². The molecule has 3 aromatic rings. The molecule has 0 aliphatic carbocycles. The van der Waals surface area contributed by atoms with Crippen molar-refractivity contribution < 1.29 is 4.79 Å². The fourth-order valence-electron chi connectivity index (χ4n) is 2.27.